The zero-order valence-corrected chi connectivity index (χ0v) is 15.6. The molecule has 28 heavy (non-hydrogen) atoms. The Morgan fingerprint density at radius 2 is 2.07 bits per heavy atom. The molecule has 3 saturated heterocycles. The predicted octanol–water partition coefficient (Wildman–Crippen LogP) is 1.96. The summed E-state index contributed by atoms with van der Waals surface area (Å²) >= 11 is 0. The van der Waals surface area contributed by atoms with E-state index in [-0.39, 0.29) is 29.9 Å². The van der Waals surface area contributed by atoms with Gasteiger partial charge in [0.05, 0.1) is 24.7 Å². The second kappa shape index (κ2) is 6.81. The van der Waals surface area contributed by atoms with E-state index < -0.39 is 0 Å². The van der Waals surface area contributed by atoms with E-state index in [0.29, 0.717) is 18.4 Å². The molecule has 3 fully saturated rings. The largest absolute Gasteiger partial charge is 0.369 e. The summed E-state index contributed by atoms with van der Waals surface area (Å²) in [6.07, 6.45) is 6.11. The van der Waals surface area contributed by atoms with E-state index in [0.717, 1.165) is 37.4 Å². The van der Waals surface area contributed by atoms with E-state index in [4.69, 9.17) is 4.74 Å². The number of ether oxygens (including phenoxy) is 1. The Morgan fingerprint density at radius 1 is 1.29 bits per heavy atom. The van der Waals surface area contributed by atoms with Gasteiger partial charge in [0.1, 0.15) is 5.82 Å². The Kier molecular flexibility index (Phi) is 4.27. The number of fused-ring (bicyclic) bond motifs is 1. The number of hydrogen-bond donors (Lipinski definition) is 1. The molecule has 7 heteroatoms. The molecule has 146 valence electrons. The average molecular weight is 382 g/mol. The lowest BCUT2D eigenvalue weighted by atomic mass is 9.73. The second-order valence-electron chi connectivity index (χ2n) is 8.07. The Morgan fingerprint density at radius 3 is 2.86 bits per heavy atom. The molecule has 1 aromatic heterocycles. The zero-order chi connectivity index (χ0) is 19.1. The van der Waals surface area contributed by atoms with E-state index >= 15 is 0 Å². The van der Waals surface area contributed by atoms with Gasteiger partial charge in [-0.15, -0.1) is 0 Å². The van der Waals surface area contributed by atoms with Gasteiger partial charge in [-0.25, -0.2) is 14.4 Å². The van der Waals surface area contributed by atoms with Crippen molar-refractivity contribution in [2.24, 2.45) is 11.8 Å². The van der Waals surface area contributed by atoms with Crippen LogP contribution in [-0.2, 0) is 16.0 Å². The van der Waals surface area contributed by atoms with Crippen molar-refractivity contribution >= 4 is 11.9 Å². The first-order valence-electron chi connectivity index (χ1n) is 9.84. The normalized spacial score (nSPS) is 30.5. The van der Waals surface area contributed by atoms with Crippen LogP contribution in [0.1, 0.15) is 18.4 Å². The minimum atomic E-state index is -0.290. The van der Waals surface area contributed by atoms with Crippen LogP contribution in [0.4, 0.5) is 10.3 Å². The topological polar surface area (TPSA) is 67.4 Å². The fourth-order valence-electron chi connectivity index (χ4n) is 5.15. The minimum absolute atomic E-state index is 0.0373. The number of carbonyl (C=O) groups excluding carboxylic acids is 1. The van der Waals surface area contributed by atoms with Gasteiger partial charge in [0, 0.05) is 37.3 Å². The van der Waals surface area contributed by atoms with Crippen molar-refractivity contribution < 1.29 is 13.9 Å². The van der Waals surface area contributed by atoms with Gasteiger partial charge in [-0.05, 0) is 36.6 Å². The fraction of sp³-hybridized carbons (Fsp3) is 0.476. The number of benzene rings is 1. The molecule has 1 spiro atoms. The molecule has 1 N–H and O–H groups in total. The average Bonchev–Trinajstić information content (AvgIpc) is 3.37. The van der Waals surface area contributed by atoms with Gasteiger partial charge in [-0.1, -0.05) is 12.1 Å². The van der Waals surface area contributed by atoms with Crippen LogP contribution in [0.5, 0.6) is 0 Å². The number of rotatable bonds is 5. The van der Waals surface area contributed by atoms with Gasteiger partial charge in [0.15, 0.2) is 0 Å². The lowest BCUT2D eigenvalue weighted by Crippen LogP contribution is -2.42. The van der Waals surface area contributed by atoms with Gasteiger partial charge in [-0.2, -0.15) is 0 Å². The van der Waals surface area contributed by atoms with Crippen molar-refractivity contribution in [3.63, 3.8) is 0 Å². The fourth-order valence-corrected chi connectivity index (χ4v) is 5.15. The Labute approximate surface area is 163 Å². The van der Waals surface area contributed by atoms with E-state index in [2.05, 4.69) is 20.2 Å². The highest BCUT2D eigenvalue weighted by Gasteiger charge is 2.63. The van der Waals surface area contributed by atoms with Crippen molar-refractivity contribution in [3.05, 3.63) is 54.1 Å². The van der Waals surface area contributed by atoms with Gasteiger partial charge in [0.25, 0.3) is 0 Å². The first kappa shape index (κ1) is 17.6. The van der Waals surface area contributed by atoms with Crippen molar-refractivity contribution in [1.29, 1.82) is 0 Å². The van der Waals surface area contributed by atoms with Crippen LogP contribution in [-0.4, -0.2) is 47.2 Å². The molecule has 0 unspecified atom stereocenters. The summed E-state index contributed by atoms with van der Waals surface area (Å²) in [5.74, 6) is 1.10. The van der Waals surface area contributed by atoms with Crippen LogP contribution in [0.3, 0.4) is 0 Å². The van der Waals surface area contributed by atoms with Crippen LogP contribution < -0.4 is 10.2 Å². The summed E-state index contributed by atoms with van der Waals surface area (Å²) in [5, 5.41) is 3.07. The summed E-state index contributed by atoms with van der Waals surface area (Å²) < 4.78 is 19.4. The van der Waals surface area contributed by atoms with Crippen molar-refractivity contribution in [2.45, 2.75) is 31.0 Å². The first-order chi connectivity index (χ1) is 13.6. The molecule has 2 bridgehead atoms. The van der Waals surface area contributed by atoms with Crippen LogP contribution in [0.15, 0.2) is 42.7 Å². The van der Waals surface area contributed by atoms with E-state index in [1.54, 1.807) is 24.5 Å². The maximum atomic E-state index is 13.0. The van der Waals surface area contributed by atoms with Crippen molar-refractivity contribution in [2.75, 3.05) is 24.5 Å². The molecule has 3 aliphatic rings. The molecule has 0 saturated carbocycles. The highest BCUT2D eigenvalue weighted by Crippen LogP contribution is 2.54. The summed E-state index contributed by atoms with van der Waals surface area (Å²) in [6.45, 7) is 2.29. The summed E-state index contributed by atoms with van der Waals surface area (Å²) in [4.78, 5) is 23.3. The van der Waals surface area contributed by atoms with E-state index in [1.807, 2.05) is 6.07 Å². The van der Waals surface area contributed by atoms with Crippen LogP contribution in [0, 0.1) is 17.7 Å². The summed E-state index contributed by atoms with van der Waals surface area (Å²) in [5.41, 5.74) is 0.684. The number of anilines is 1. The standard InChI is InChI=1S/C21H23FN4O2/c22-15-4-2-14(3-5-15)10-19(27)25-11-16-17-12-26(20-23-8-1-9-24-20)13-21(17)7-6-18(16)28-21/h1-5,8-9,16-18H,6-7,10-13H2,(H,25,27)/t16-,17+,18+,21+/m0/s1. The lowest BCUT2D eigenvalue weighted by molar-refractivity contribution is -0.120. The summed E-state index contributed by atoms with van der Waals surface area (Å²) in [7, 11) is 0. The number of halogens is 1. The number of aromatic nitrogens is 2. The molecule has 1 aromatic carbocycles. The van der Waals surface area contributed by atoms with E-state index in [9.17, 15) is 9.18 Å². The summed E-state index contributed by atoms with van der Waals surface area (Å²) in [6, 6.07) is 7.89. The van der Waals surface area contributed by atoms with Gasteiger partial charge in [0.2, 0.25) is 11.9 Å². The third-order valence-electron chi connectivity index (χ3n) is 6.43. The number of nitrogens with zero attached hydrogens (tertiary/aromatic N) is 3. The molecule has 5 rings (SSSR count). The van der Waals surface area contributed by atoms with Crippen molar-refractivity contribution in [1.82, 2.24) is 15.3 Å². The molecule has 4 atom stereocenters. The number of nitrogens with one attached hydrogen (secondary N) is 1. The van der Waals surface area contributed by atoms with Crippen LogP contribution in [0.2, 0.25) is 0 Å². The highest BCUT2D eigenvalue weighted by atomic mass is 19.1. The molecule has 0 radical (unpaired) electrons. The van der Waals surface area contributed by atoms with Crippen LogP contribution in [0.25, 0.3) is 0 Å². The van der Waals surface area contributed by atoms with Gasteiger partial charge in [-0.3, -0.25) is 4.79 Å². The van der Waals surface area contributed by atoms with Gasteiger partial charge < -0.3 is 15.0 Å². The van der Waals surface area contributed by atoms with Gasteiger partial charge >= 0.3 is 0 Å². The Hall–Kier alpha value is -2.54. The molecule has 6 nitrogen and oxygen atoms in total. The number of amides is 1. The van der Waals surface area contributed by atoms with Crippen LogP contribution >= 0.6 is 0 Å². The third-order valence-corrected chi connectivity index (χ3v) is 6.43. The monoisotopic (exact) mass is 382 g/mol. The molecule has 2 aromatic rings. The lowest BCUT2D eigenvalue weighted by Gasteiger charge is -2.29. The molecule has 0 aliphatic carbocycles. The smallest absolute Gasteiger partial charge is 0.225 e. The maximum absolute atomic E-state index is 13.0. The molecular weight excluding hydrogens is 359 g/mol. The first-order valence-corrected chi connectivity index (χ1v) is 9.84. The predicted molar refractivity (Wildman–Crippen MR) is 101 cm³/mol. The van der Waals surface area contributed by atoms with Crippen molar-refractivity contribution in [3.8, 4) is 0 Å². The maximum Gasteiger partial charge on any atom is 0.225 e. The Balaban J connectivity index is 1.23. The molecule has 3 aliphatic heterocycles. The number of hydrogen-bond acceptors (Lipinski definition) is 5. The highest BCUT2D eigenvalue weighted by molar-refractivity contribution is 5.78. The number of carbonyl (C=O) groups is 1. The Bertz CT molecular complexity index is 862. The second-order valence-corrected chi connectivity index (χ2v) is 8.07. The molecule has 4 heterocycles. The molecular formula is C21H23FN4O2. The third kappa shape index (κ3) is 3.03. The SMILES string of the molecule is O=C(Cc1ccc(F)cc1)NC[C@H]1[C@H]2CN(c3ncccn3)C[C@]23CC[C@H]1O3. The quantitative estimate of drug-likeness (QED) is 0.856. The zero-order valence-electron chi connectivity index (χ0n) is 15.6. The molecule has 1 amide bonds. The van der Waals surface area contributed by atoms with E-state index in [1.165, 1.54) is 12.1 Å². The minimum Gasteiger partial charge on any atom is -0.369 e.